The zero-order valence-electron chi connectivity index (χ0n) is 9.76. The van der Waals surface area contributed by atoms with Gasteiger partial charge in [0, 0.05) is 12.6 Å². The lowest BCUT2D eigenvalue weighted by Gasteiger charge is -2.12. The van der Waals surface area contributed by atoms with Crippen LogP contribution in [-0.2, 0) is 9.84 Å². The number of nitrogen functional groups attached to an aromatic ring is 2. The predicted octanol–water partition coefficient (Wildman–Crippen LogP) is -0.667. The molecule has 100 valence electrons. The van der Waals surface area contributed by atoms with Crippen LogP contribution >= 0.6 is 0 Å². The molecule has 1 unspecified atom stereocenters. The smallest absolute Gasteiger partial charge is 0.223 e. The van der Waals surface area contributed by atoms with Gasteiger partial charge in [0.2, 0.25) is 5.95 Å². The van der Waals surface area contributed by atoms with Gasteiger partial charge in [-0.2, -0.15) is 9.97 Å². The summed E-state index contributed by atoms with van der Waals surface area (Å²) in [4.78, 5) is 7.79. The van der Waals surface area contributed by atoms with Gasteiger partial charge in [0.25, 0.3) is 0 Å². The summed E-state index contributed by atoms with van der Waals surface area (Å²) in [7, 11) is -2.96. The molecule has 1 aliphatic heterocycles. The van der Waals surface area contributed by atoms with E-state index in [0.717, 1.165) is 6.42 Å². The topological polar surface area (TPSA) is 136 Å². The van der Waals surface area contributed by atoms with Crippen molar-refractivity contribution in [1.82, 2.24) is 9.97 Å². The highest BCUT2D eigenvalue weighted by Crippen LogP contribution is 2.20. The monoisotopic (exact) mass is 272 g/mol. The molecule has 1 saturated heterocycles. The second-order valence-electron chi connectivity index (χ2n) is 4.15. The van der Waals surface area contributed by atoms with Crippen LogP contribution in [0.3, 0.4) is 0 Å². The fourth-order valence-corrected chi connectivity index (χ4v) is 3.70. The molecule has 18 heavy (non-hydrogen) atoms. The Bertz CT molecular complexity index is 532. The molecule has 0 bridgehead atoms. The summed E-state index contributed by atoms with van der Waals surface area (Å²) in [5, 5.41) is 2.59. The highest BCUT2D eigenvalue weighted by atomic mass is 32.2. The van der Waals surface area contributed by atoms with Gasteiger partial charge in [-0.25, -0.2) is 14.3 Å². The molecule has 9 heteroatoms. The molecule has 1 fully saturated rings. The second kappa shape index (κ2) is 4.94. The SMILES string of the molecule is NNc1cc(NCC2CCCS2(=O)=O)nc(N)n1. The Hall–Kier alpha value is -1.61. The van der Waals surface area contributed by atoms with Crippen molar-refractivity contribution in [2.75, 3.05) is 28.8 Å². The lowest BCUT2D eigenvalue weighted by Crippen LogP contribution is -2.25. The van der Waals surface area contributed by atoms with Gasteiger partial charge < -0.3 is 16.5 Å². The number of hydrazine groups is 1. The standard InChI is InChI=1S/C9H16N6O2S/c10-9-13-7(4-8(14-9)15-11)12-5-6-2-1-3-18(6,16)17/h4,6H,1-3,5,11H2,(H4,10,12,13,14,15). The Balaban J connectivity index is 2.04. The largest absolute Gasteiger partial charge is 0.369 e. The van der Waals surface area contributed by atoms with Crippen LogP contribution in [0.5, 0.6) is 0 Å². The molecule has 0 amide bonds. The van der Waals surface area contributed by atoms with Gasteiger partial charge in [0.1, 0.15) is 11.6 Å². The van der Waals surface area contributed by atoms with E-state index in [1.54, 1.807) is 6.07 Å². The molecule has 0 spiro atoms. The number of nitrogens with zero attached hydrogens (tertiary/aromatic N) is 2. The summed E-state index contributed by atoms with van der Waals surface area (Å²) in [5.74, 6) is 6.40. The predicted molar refractivity (Wildman–Crippen MR) is 69.6 cm³/mol. The molecular weight excluding hydrogens is 256 g/mol. The maximum absolute atomic E-state index is 11.6. The average Bonchev–Trinajstić information content (AvgIpc) is 2.65. The minimum Gasteiger partial charge on any atom is -0.369 e. The van der Waals surface area contributed by atoms with Crippen LogP contribution in [0.4, 0.5) is 17.6 Å². The van der Waals surface area contributed by atoms with Crippen molar-refractivity contribution in [2.24, 2.45) is 5.84 Å². The van der Waals surface area contributed by atoms with Gasteiger partial charge in [0.15, 0.2) is 9.84 Å². The van der Waals surface area contributed by atoms with Crippen LogP contribution in [0.25, 0.3) is 0 Å². The fraction of sp³-hybridized carbons (Fsp3) is 0.556. The van der Waals surface area contributed by atoms with E-state index in [4.69, 9.17) is 11.6 Å². The van der Waals surface area contributed by atoms with E-state index in [9.17, 15) is 8.42 Å². The van der Waals surface area contributed by atoms with Crippen LogP contribution in [-0.4, -0.2) is 35.9 Å². The third-order valence-electron chi connectivity index (χ3n) is 2.86. The van der Waals surface area contributed by atoms with Gasteiger partial charge in [0.05, 0.1) is 11.0 Å². The molecule has 1 atom stereocenters. The first-order chi connectivity index (χ1) is 8.51. The van der Waals surface area contributed by atoms with E-state index in [2.05, 4.69) is 20.7 Å². The first-order valence-corrected chi connectivity index (χ1v) is 7.29. The van der Waals surface area contributed by atoms with Crippen LogP contribution in [0.1, 0.15) is 12.8 Å². The van der Waals surface area contributed by atoms with Crippen LogP contribution in [0.2, 0.25) is 0 Å². The number of aromatic nitrogens is 2. The molecular formula is C9H16N6O2S. The van der Waals surface area contributed by atoms with Crippen molar-refractivity contribution in [3.8, 4) is 0 Å². The maximum Gasteiger partial charge on any atom is 0.223 e. The average molecular weight is 272 g/mol. The molecule has 1 aromatic rings. The number of hydrogen-bond donors (Lipinski definition) is 4. The Morgan fingerprint density at radius 2 is 2.11 bits per heavy atom. The Morgan fingerprint density at radius 3 is 2.72 bits per heavy atom. The normalized spacial score (nSPS) is 21.7. The highest BCUT2D eigenvalue weighted by Gasteiger charge is 2.30. The lowest BCUT2D eigenvalue weighted by molar-refractivity contribution is 0.591. The summed E-state index contributed by atoms with van der Waals surface area (Å²) in [5.41, 5.74) is 7.86. The molecule has 1 aromatic heterocycles. The van der Waals surface area contributed by atoms with Gasteiger partial charge >= 0.3 is 0 Å². The van der Waals surface area contributed by atoms with E-state index in [-0.39, 0.29) is 17.0 Å². The molecule has 2 heterocycles. The lowest BCUT2D eigenvalue weighted by atomic mass is 10.2. The van der Waals surface area contributed by atoms with Crippen molar-refractivity contribution in [3.05, 3.63) is 6.07 Å². The minimum absolute atomic E-state index is 0.0715. The summed E-state index contributed by atoms with van der Waals surface area (Å²) in [6, 6.07) is 1.57. The molecule has 6 N–H and O–H groups in total. The summed E-state index contributed by atoms with van der Waals surface area (Å²) in [6.45, 7) is 0.322. The number of anilines is 3. The maximum atomic E-state index is 11.6. The van der Waals surface area contributed by atoms with Gasteiger partial charge in [-0.05, 0) is 12.8 Å². The molecule has 0 radical (unpaired) electrons. The van der Waals surface area contributed by atoms with Crippen LogP contribution in [0, 0.1) is 0 Å². The minimum atomic E-state index is -2.96. The van der Waals surface area contributed by atoms with Gasteiger partial charge in [-0.1, -0.05) is 0 Å². The Labute approximate surface area is 105 Å². The molecule has 2 rings (SSSR count). The van der Waals surface area contributed by atoms with Crippen LogP contribution in [0.15, 0.2) is 6.07 Å². The first kappa shape index (κ1) is 12.8. The number of hydrogen-bond acceptors (Lipinski definition) is 8. The molecule has 0 saturated carbocycles. The molecule has 0 aromatic carbocycles. The number of nitrogens with two attached hydrogens (primary N) is 2. The van der Waals surface area contributed by atoms with Gasteiger partial charge in [-0.3, -0.25) is 0 Å². The van der Waals surface area contributed by atoms with E-state index in [1.807, 2.05) is 0 Å². The highest BCUT2D eigenvalue weighted by molar-refractivity contribution is 7.92. The molecule has 0 aliphatic carbocycles. The van der Waals surface area contributed by atoms with E-state index >= 15 is 0 Å². The van der Waals surface area contributed by atoms with Crippen LogP contribution < -0.4 is 22.3 Å². The van der Waals surface area contributed by atoms with E-state index < -0.39 is 9.84 Å². The van der Waals surface area contributed by atoms with E-state index in [1.165, 1.54) is 0 Å². The third kappa shape index (κ3) is 2.79. The molecule has 8 nitrogen and oxygen atoms in total. The first-order valence-electron chi connectivity index (χ1n) is 5.58. The Kier molecular flexibility index (Phi) is 3.53. The Morgan fingerprint density at radius 1 is 1.39 bits per heavy atom. The van der Waals surface area contributed by atoms with Crippen molar-refractivity contribution >= 4 is 27.4 Å². The van der Waals surface area contributed by atoms with Crippen molar-refractivity contribution in [2.45, 2.75) is 18.1 Å². The number of rotatable bonds is 4. The zero-order chi connectivity index (χ0) is 13.2. The van der Waals surface area contributed by atoms with E-state index in [0.29, 0.717) is 24.6 Å². The summed E-state index contributed by atoms with van der Waals surface area (Å²) < 4.78 is 23.3. The number of nitrogens with one attached hydrogen (secondary N) is 2. The third-order valence-corrected chi connectivity index (χ3v) is 5.14. The van der Waals surface area contributed by atoms with Gasteiger partial charge in [-0.15, -0.1) is 0 Å². The summed E-state index contributed by atoms with van der Waals surface area (Å²) >= 11 is 0. The quantitative estimate of drug-likeness (QED) is 0.418. The molecule has 1 aliphatic rings. The summed E-state index contributed by atoms with van der Waals surface area (Å²) in [6.07, 6.45) is 1.40. The fourth-order valence-electron chi connectivity index (χ4n) is 1.94. The second-order valence-corrected chi connectivity index (χ2v) is 6.55. The van der Waals surface area contributed by atoms with Crippen molar-refractivity contribution in [3.63, 3.8) is 0 Å². The zero-order valence-corrected chi connectivity index (χ0v) is 10.6. The van der Waals surface area contributed by atoms with Crippen molar-refractivity contribution in [1.29, 1.82) is 0 Å². The number of sulfone groups is 1. The van der Waals surface area contributed by atoms with Crippen molar-refractivity contribution < 1.29 is 8.42 Å².